The van der Waals surface area contributed by atoms with Crippen LogP contribution in [0.1, 0.15) is 16.1 Å². The van der Waals surface area contributed by atoms with Crippen LogP contribution in [0.3, 0.4) is 0 Å². The van der Waals surface area contributed by atoms with E-state index in [0.717, 1.165) is 5.69 Å². The summed E-state index contributed by atoms with van der Waals surface area (Å²) in [6.45, 7) is 0. The number of hydrogen-bond acceptors (Lipinski definition) is 7. The van der Waals surface area contributed by atoms with Gasteiger partial charge in [0.25, 0.3) is 0 Å². The van der Waals surface area contributed by atoms with Crippen molar-refractivity contribution in [2.24, 2.45) is 0 Å². The summed E-state index contributed by atoms with van der Waals surface area (Å²) in [5, 5.41) is 8.02. The van der Waals surface area contributed by atoms with Crippen molar-refractivity contribution < 1.29 is 23.7 Å². The van der Waals surface area contributed by atoms with Crippen LogP contribution in [-0.2, 0) is 0 Å². The summed E-state index contributed by atoms with van der Waals surface area (Å²) in [6, 6.07) is 10.4. The Morgan fingerprint density at radius 3 is 2.22 bits per heavy atom. The first kappa shape index (κ1) is 18.2. The average Bonchev–Trinajstić information content (AvgIpc) is 3.22. The van der Waals surface area contributed by atoms with Crippen molar-refractivity contribution in [2.45, 2.75) is 0 Å². The number of methoxy groups -OCH3 is 4. The summed E-state index contributed by atoms with van der Waals surface area (Å²) >= 11 is 0. The molecule has 3 aromatic rings. The Labute approximate surface area is 156 Å². The fraction of sp³-hybridized carbons (Fsp3) is 0.211. The molecule has 0 fully saturated rings. The largest absolute Gasteiger partial charge is 0.497 e. The van der Waals surface area contributed by atoms with Crippen molar-refractivity contribution in [2.75, 3.05) is 28.4 Å². The number of carbonyl (C=O) groups excluding carboxylic acids is 1. The average molecular weight is 369 g/mol. The Kier molecular flexibility index (Phi) is 5.25. The van der Waals surface area contributed by atoms with Crippen molar-refractivity contribution in [1.82, 2.24) is 15.0 Å². The second kappa shape index (κ2) is 7.77. The van der Waals surface area contributed by atoms with Gasteiger partial charge in [-0.1, -0.05) is 11.3 Å². The van der Waals surface area contributed by atoms with Crippen LogP contribution in [0.25, 0.3) is 5.69 Å². The minimum atomic E-state index is -0.316. The molecule has 0 saturated carbocycles. The summed E-state index contributed by atoms with van der Waals surface area (Å²) in [5.41, 5.74) is 1.26. The molecule has 140 valence electrons. The number of benzene rings is 2. The summed E-state index contributed by atoms with van der Waals surface area (Å²) in [5.74, 6) is 1.56. The molecular formula is C19H19N3O5. The van der Waals surface area contributed by atoms with Gasteiger partial charge in [0.2, 0.25) is 11.5 Å². The molecule has 0 bridgehead atoms. The molecule has 8 heteroatoms. The highest BCUT2D eigenvalue weighted by molar-refractivity contribution is 6.08. The van der Waals surface area contributed by atoms with E-state index >= 15 is 0 Å². The smallest absolute Gasteiger partial charge is 0.215 e. The first-order chi connectivity index (χ1) is 13.1. The number of nitrogens with zero attached hydrogens (tertiary/aromatic N) is 3. The maximum absolute atomic E-state index is 12.9. The number of hydrogen-bond donors (Lipinski definition) is 0. The van der Waals surface area contributed by atoms with Crippen LogP contribution in [0.2, 0.25) is 0 Å². The molecule has 0 unspecified atom stereocenters. The monoisotopic (exact) mass is 369 g/mol. The van der Waals surface area contributed by atoms with Crippen molar-refractivity contribution in [3.05, 3.63) is 53.9 Å². The summed E-state index contributed by atoms with van der Waals surface area (Å²) < 4.78 is 22.6. The molecule has 0 spiro atoms. The molecule has 0 aliphatic carbocycles. The summed E-state index contributed by atoms with van der Waals surface area (Å²) in [4.78, 5) is 12.9. The minimum Gasteiger partial charge on any atom is -0.497 e. The highest BCUT2D eigenvalue weighted by Crippen LogP contribution is 2.38. The van der Waals surface area contributed by atoms with Gasteiger partial charge in [0.05, 0.1) is 40.3 Å². The van der Waals surface area contributed by atoms with Gasteiger partial charge in [-0.15, -0.1) is 5.10 Å². The molecule has 1 aromatic heterocycles. The Morgan fingerprint density at radius 1 is 0.926 bits per heavy atom. The second-order valence-electron chi connectivity index (χ2n) is 5.49. The second-order valence-corrected chi connectivity index (χ2v) is 5.49. The summed E-state index contributed by atoms with van der Waals surface area (Å²) in [7, 11) is 6.07. The molecule has 8 nitrogen and oxygen atoms in total. The lowest BCUT2D eigenvalue weighted by Crippen LogP contribution is -2.04. The van der Waals surface area contributed by atoms with Gasteiger partial charge < -0.3 is 18.9 Å². The number of aromatic nitrogens is 3. The summed E-state index contributed by atoms with van der Waals surface area (Å²) in [6.07, 6.45) is 1.56. The number of carbonyl (C=O) groups is 1. The molecule has 0 saturated heterocycles. The molecule has 3 rings (SSSR count). The third-order valence-electron chi connectivity index (χ3n) is 3.97. The van der Waals surface area contributed by atoms with Crippen LogP contribution in [-0.4, -0.2) is 49.2 Å². The van der Waals surface area contributed by atoms with Crippen LogP contribution in [0.5, 0.6) is 23.0 Å². The third-order valence-corrected chi connectivity index (χ3v) is 3.97. The lowest BCUT2D eigenvalue weighted by molar-refractivity contribution is 0.103. The normalized spacial score (nSPS) is 10.4. The fourth-order valence-electron chi connectivity index (χ4n) is 2.61. The zero-order valence-electron chi connectivity index (χ0n) is 15.4. The topological polar surface area (TPSA) is 84.7 Å². The number of ether oxygens (including phenoxy) is 4. The van der Waals surface area contributed by atoms with Gasteiger partial charge >= 0.3 is 0 Å². The van der Waals surface area contributed by atoms with Crippen LogP contribution in [0.15, 0.2) is 42.6 Å². The minimum absolute atomic E-state index is 0.187. The van der Waals surface area contributed by atoms with E-state index in [-0.39, 0.29) is 11.5 Å². The van der Waals surface area contributed by atoms with Gasteiger partial charge in [-0.25, -0.2) is 4.68 Å². The van der Waals surface area contributed by atoms with Crippen LogP contribution < -0.4 is 18.9 Å². The van der Waals surface area contributed by atoms with E-state index in [1.165, 1.54) is 26.0 Å². The Bertz CT molecular complexity index is 942. The van der Waals surface area contributed by atoms with Gasteiger partial charge in [0.15, 0.2) is 17.2 Å². The van der Waals surface area contributed by atoms with Crippen molar-refractivity contribution in [3.8, 4) is 28.7 Å². The predicted molar refractivity (Wildman–Crippen MR) is 97.4 cm³/mol. The van der Waals surface area contributed by atoms with E-state index in [1.807, 2.05) is 18.2 Å². The standard InChI is InChI=1S/C19H19N3O5/c1-24-14-7-5-6-13(10-14)22-11-15(20-21-22)18(23)12-8-16(25-2)19(27-4)17(9-12)26-3/h5-11H,1-4H3. The Morgan fingerprint density at radius 2 is 1.63 bits per heavy atom. The van der Waals surface area contributed by atoms with E-state index in [2.05, 4.69) is 10.3 Å². The van der Waals surface area contributed by atoms with Gasteiger partial charge in [-0.05, 0) is 24.3 Å². The molecule has 0 radical (unpaired) electrons. The van der Waals surface area contributed by atoms with Gasteiger partial charge in [-0.2, -0.15) is 0 Å². The fourth-order valence-corrected chi connectivity index (χ4v) is 2.61. The zero-order valence-corrected chi connectivity index (χ0v) is 15.4. The third kappa shape index (κ3) is 3.55. The first-order valence-electron chi connectivity index (χ1n) is 8.02. The van der Waals surface area contributed by atoms with Crippen molar-refractivity contribution in [1.29, 1.82) is 0 Å². The van der Waals surface area contributed by atoms with E-state index in [9.17, 15) is 4.79 Å². The highest BCUT2D eigenvalue weighted by Gasteiger charge is 2.20. The maximum Gasteiger partial charge on any atom is 0.215 e. The number of ketones is 1. The lowest BCUT2D eigenvalue weighted by atomic mass is 10.1. The predicted octanol–water partition coefficient (Wildman–Crippen LogP) is 2.53. The quantitative estimate of drug-likeness (QED) is 0.592. The van der Waals surface area contributed by atoms with Crippen LogP contribution in [0, 0.1) is 0 Å². The maximum atomic E-state index is 12.9. The van der Waals surface area contributed by atoms with Crippen LogP contribution in [0.4, 0.5) is 0 Å². The Balaban J connectivity index is 1.96. The molecular weight excluding hydrogens is 350 g/mol. The van der Waals surface area contributed by atoms with Crippen molar-refractivity contribution >= 4 is 5.78 Å². The van der Waals surface area contributed by atoms with E-state index in [0.29, 0.717) is 28.6 Å². The van der Waals surface area contributed by atoms with E-state index in [1.54, 1.807) is 31.5 Å². The molecule has 0 N–H and O–H groups in total. The Hall–Kier alpha value is -3.55. The lowest BCUT2D eigenvalue weighted by Gasteiger charge is -2.13. The molecule has 1 heterocycles. The molecule has 2 aromatic carbocycles. The molecule has 0 aliphatic heterocycles. The van der Waals surface area contributed by atoms with Gasteiger partial charge in [0.1, 0.15) is 5.75 Å². The van der Waals surface area contributed by atoms with Crippen LogP contribution >= 0.6 is 0 Å². The van der Waals surface area contributed by atoms with E-state index in [4.69, 9.17) is 18.9 Å². The highest BCUT2D eigenvalue weighted by atomic mass is 16.5. The molecule has 0 atom stereocenters. The number of rotatable bonds is 7. The van der Waals surface area contributed by atoms with Gasteiger partial charge in [-0.3, -0.25) is 4.79 Å². The molecule has 0 amide bonds. The van der Waals surface area contributed by atoms with Crippen molar-refractivity contribution in [3.63, 3.8) is 0 Å². The first-order valence-corrected chi connectivity index (χ1v) is 8.02. The molecule has 27 heavy (non-hydrogen) atoms. The van der Waals surface area contributed by atoms with E-state index < -0.39 is 0 Å². The van der Waals surface area contributed by atoms with Gasteiger partial charge in [0, 0.05) is 11.6 Å². The molecule has 0 aliphatic rings. The zero-order chi connectivity index (χ0) is 19.4. The SMILES string of the molecule is COc1cccc(-n2cc(C(=O)c3cc(OC)c(OC)c(OC)c3)nn2)c1.